The van der Waals surface area contributed by atoms with Crippen molar-refractivity contribution in [3.63, 3.8) is 0 Å². The molecule has 2 aromatic heterocycles. The Balaban J connectivity index is 1.01. The van der Waals surface area contributed by atoms with E-state index in [4.69, 9.17) is 9.72 Å². The second-order valence-electron chi connectivity index (χ2n) is 10.0. The molecular weight excluding hydrogens is 555 g/mol. The smallest absolute Gasteiger partial charge is 0.271 e. The molecule has 6 rings (SSSR count). The number of aryl methyl sites for hydroxylation is 1. The molecule has 1 aliphatic heterocycles. The van der Waals surface area contributed by atoms with Crippen molar-refractivity contribution in [3.05, 3.63) is 89.8 Å². The van der Waals surface area contributed by atoms with E-state index in [0.29, 0.717) is 22.3 Å². The van der Waals surface area contributed by atoms with E-state index in [1.54, 1.807) is 41.8 Å². The number of benzene rings is 3. The van der Waals surface area contributed by atoms with Crippen LogP contribution in [0.5, 0.6) is 5.75 Å². The number of ether oxygens (including phenoxy) is 1. The van der Waals surface area contributed by atoms with E-state index < -0.39 is 10.0 Å². The van der Waals surface area contributed by atoms with Gasteiger partial charge >= 0.3 is 0 Å². The van der Waals surface area contributed by atoms with Crippen molar-refractivity contribution in [2.45, 2.75) is 17.6 Å². The molecular formula is C31H33N5O3S2. The summed E-state index contributed by atoms with van der Waals surface area (Å²) in [6.07, 6.45) is 1.03. The minimum absolute atomic E-state index is 0.293. The molecule has 0 unspecified atom stereocenters. The van der Waals surface area contributed by atoms with Crippen LogP contribution in [0.15, 0.2) is 88.5 Å². The first-order valence-corrected chi connectivity index (χ1v) is 16.2. The van der Waals surface area contributed by atoms with E-state index in [0.717, 1.165) is 61.6 Å². The normalized spacial score (nSPS) is 14.4. The maximum absolute atomic E-state index is 12.4. The third-order valence-corrected chi connectivity index (χ3v) is 10.2. The van der Waals surface area contributed by atoms with Crippen LogP contribution in [0.4, 0.5) is 11.4 Å². The van der Waals surface area contributed by atoms with E-state index in [2.05, 4.69) is 68.9 Å². The molecule has 0 aliphatic carbocycles. The Morgan fingerprint density at radius 3 is 2.44 bits per heavy atom. The summed E-state index contributed by atoms with van der Waals surface area (Å²) >= 11 is 1.19. The van der Waals surface area contributed by atoms with Gasteiger partial charge in [0.2, 0.25) is 0 Å². The first-order valence-electron chi connectivity index (χ1n) is 13.8. The van der Waals surface area contributed by atoms with Gasteiger partial charge in [0.1, 0.15) is 27.9 Å². The summed E-state index contributed by atoms with van der Waals surface area (Å²) in [4.78, 5) is 13.3. The first-order chi connectivity index (χ1) is 20.0. The van der Waals surface area contributed by atoms with E-state index in [-0.39, 0.29) is 0 Å². The second kappa shape index (κ2) is 11.9. The third-order valence-electron chi connectivity index (χ3n) is 7.38. The summed E-state index contributed by atoms with van der Waals surface area (Å²) < 4.78 is 33.7. The van der Waals surface area contributed by atoms with Gasteiger partial charge in [-0.1, -0.05) is 43.3 Å². The summed E-state index contributed by atoms with van der Waals surface area (Å²) in [6.45, 7) is 7.28. The Morgan fingerprint density at radius 1 is 0.951 bits per heavy atom. The van der Waals surface area contributed by atoms with Gasteiger partial charge in [-0.05, 0) is 59.8 Å². The Bertz CT molecular complexity index is 1690. The van der Waals surface area contributed by atoms with E-state index in [1.807, 2.05) is 0 Å². The summed E-state index contributed by atoms with van der Waals surface area (Å²) in [5, 5.41) is 1.74. The van der Waals surface area contributed by atoms with Crippen LogP contribution in [-0.4, -0.2) is 62.6 Å². The molecule has 3 aromatic carbocycles. The third kappa shape index (κ3) is 6.24. The van der Waals surface area contributed by atoms with Crippen molar-refractivity contribution in [3.8, 4) is 17.1 Å². The highest BCUT2D eigenvalue weighted by Crippen LogP contribution is 2.29. The minimum atomic E-state index is -3.55. The molecule has 1 saturated heterocycles. The van der Waals surface area contributed by atoms with Gasteiger partial charge in [0.05, 0.1) is 11.2 Å². The summed E-state index contributed by atoms with van der Waals surface area (Å²) in [5.41, 5.74) is 6.17. The molecule has 41 heavy (non-hydrogen) atoms. The first kappa shape index (κ1) is 27.3. The Hall–Kier alpha value is -3.86. The van der Waals surface area contributed by atoms with E-state index >= 15 is 0 Å². The number of fused-ring (bicyclic) bond motifs is 1. The van der Waals surface area contributed by atoms with Crippen LogP contribution in [0, 0.1) is 0 Å². The maximum atomic E-state index is 12.4. The highest BCUT2D eigenvalue weighted by Gasteiger charge is 2.20. The Labute approximate surface area is 244 Å². The predicted molar refractivity (Wildman–Crippen MR) is 167 cm³/mol. The van der Waals surface area contributed by atoms with Gasteiger partial charge in [-0.15, -0.1) is 11.3 Å². The van der Waals surface area contributed by atoms with Crippen molar-refractivity contribution in [2.75, 3.05) is 49.0 Å². The largest absolute Gasteiger partial charge is 0.492 e. The average molecular weight is 588 g/mol. The van der Waals surface area contributed by atoms with Crippen LogP contribution in [-0.2, 0) is 16.4 Å². The second-order valence-corrected chi connectivity index (χ2v) is 12.9. The number of hydrogen-bond donors (Lipinski definition) is 2. The Kier molecular flexibility index (Phi) is 7.95. The van der Waals surface area contributed by atoms with Crippen LogP contribution >= 0.6 is 11.3 Å². The van der Waals surface area contributed by atoms with Crippen molar-refractivity contribution in [1.29, 1.82) is 0 Å². The number of hydrogen-bond acceptors (Lipinski definition) is 7. The fourth-order valence-electron chi connectivity index (χ4n) is 5.05. The number of para-hydroxylation sites is 1. The lowest BCUT2D eigenvalue weighted by Crippen LogP contribution is -2.47. The molecule has 2 N–H and O–H groups in total. The van der Waals surface area contributed by atoms with Gasteiger partial charge in [0, 0.05) is 44.0 Å². The lowest BCUT2D eigenvalue weighted by atomic mass is 10.1. The zero-order valence-electron chi connectivity index (χ0n) is 22.9. The molecule has 0 spiro atoms. The van der Waals surface area contributed by atoms with Gasteiger partial charge in [-0.25, -0.2) is 13.4 Å². The number of aromatic nitrogens is 2. The number of aromatic amines is 1. The van der Waals surface area contributed by atoms with Crippen molar-refractivity contribution < 1.29 is 13.2 Å². The molecule has 3 heterocycles. The molecule has 10 heteroatoms. The SMILES string of the molecule is CCc1ccc(-c2nc3c(N4CCN(CCOc5ccc(NS(=O)(=O)c6cccs6)cc5)CC4)cccc3[nH]2)cc1. The zero-order chi connectivity index (χ0) is 28.2. The molecule has 1 aliphatic rings. The van der Waals surface area contributed by atoms with Gasteiger partial charge in [0.15, 0.2) is 0 Å². The number of piperazine rings is 1. The van der Waals surface area contributed by atoms with Gasteiger partial charge < -0.3 is 14.6 Å². The van der Waals surface area contributed by atoms with Gasteiger partial charge in [0.25, 0.3) is 10.0 Å². The molecule has 5 aromatic rings. The minimum Gasteiger partial charge on any atom is -0.492 e. The van der Waals surface area contributed by atoms with Crippen LogP contribution in [0.1, 0.15) is 12.5 Å². The number of nitrogens with zero attached hydrogens (tertiary/aromatic N) is 3. The van der Waals surface area contributed by atoms with Crippen LogP contribution in [0.25, 0.3) is 22.4 Å². The monoisotopic (exact) mass is 587 g/mol. The van der Waals surface area contributed by atoms with Crippen LogP contribution < -0.4 is 14.4 Å². The summed E-state index contributed by atoms with van der Waals surface area (Å²) in [5.74, 6) is 1.62. The van der Waals surface area contributed by atoms with Gasteiger partial charge in [-0.3, -0.25) is 9.62 Å². The highest BCUT2D eigenvalue weighted by atomic mass is 32.2. The van der Waals surface area contributed by atoms with E-state index in [9.17, 15) is 8.42 Å². The number of H-pyrrole nitrogens is 1. The van der Waals surface area contributed by atoms with Crippen LogP contribution in [0.2, 0.25) is 0 Å². The molecule has 1 fully saturated rings. The maximum Gasteiger partial charge on any atom is 0.271 e. The standard InChI is InChI=1S/C31H33N5O3S2/c1-2-23-8-10-24(11-9-23)31-32-27-5-3-6-28(30(27)33-31)36-18-16-35(17-19-36)20-21-39-26-14-12-25(13-15-26)34-41(37,38)29-7-4-22-40-29/h3-15,22,34H,2,16-21H2,1H3,(H,32,33). The molecule has 0 saturated carbocycles. The molecule has 212 valence electrons. The zero-order valence-corrected chi connectivity index (χ0v) is 24.5. The predicted octanol–water partition coefficient (Wildman–Crippen LogP) is 5.86. The molecule has 0 radical (unpaired) electrons. The molecule has 0 amide bonds. The highest BCUT2D eigenvalue weighted by molar-refractivity contribution is 7.94. The average Bonchev–Trinajstić information content (AvgIpc) is 3.70. The topological polar surface area (TPSA) is 90.6 Å². The number of rotatable bonds is 10. The van der Waals surface area contributed by atoms with Crippen molar-refractivity contribution >= 4 is 43.8 Å². The summed E-state index contributed by atoms with van der Waals surface area (Å²) in [7, 11) is -3.55. The van der Waals surface area contributed by atoms with E-state index in [1.165, 1.54) is 22.6 Å². The molecule has 0 bridgehead atoms. The van der Waals surface area contributed by atoms with Crippen molar-refractivity contribution in [1.82, 2.24) is 14.9 Å². The summed E-state index contributed by atoms with van der Waals surface area (Å²) in [6, 6.07) is 25.3. The van der Waals surface area contributed by atoms with Gasteiger partial charge in [-0.2, -0.15) is 0 Å². The quantitative estimate of drug-likeness (QED) is 0.213. The number of sulfonamides is 1. The number of nitrogens with one attached hydrogen (secondary N) is 2. The Morgan fingerprint density at radius 2 is 1.73 bits per heavy atom. The lowest BCUT2D eigenvalue weighted by molar-refractivity contribution is 0.200. The number of anilines is 2. The lowest BCUT2D eigenvalue weighted by Gasteiger charge is -2.36. The fourth-order valence-corrected chi connectivity index (χ4v) is 7.10. The number of thiophene rings is 1. The fraction of sp³-hybridized carbons (Fsp3) is 0.258. The molecule has 0 atom stereocenters. The van der Waals surface area contributed by atoms with Crippen LogP contribution in [0.3, 0.4) is 0 Å². The molecule has 8 nitrogen and oxygen atoms in total. The van der Waals surface area contributed by atoms with Crippen molar-refractivity contribution in [2.24, 2.45) is 0 Å². The number of imidazole rings is 1.